The lowest BCUT2D eigenvalue weighted by atomic mass is 10.6. The lowest BCUT2D eigenvalue weighted by Crippen LogP contribution is -1.69. The van der Waals surface area contributed by atoms with Crippen LogP contribution in [-0.2, 0) is 0 Å². The molecule has 0 radical (unpaired) electrons. The Kier molecular flexibility index (Phi) is 3.97. The van der Waals surface area contributed by atoms with Crippen molar-refractivity contribution in [3.63, 3.8) is 0 Å². The van der Waals surface area contributed by atoms with Gasteiger partial charge in [0.1, 0.15) is 11.0 Å². The Labute approximate surface area is 58.5 Å². The van der Waals surface area contributed by atoms with Gasteiger partial charge in [0, 0.05) is 6.20 Å². The average Bonchev–Trinajstić information content (AvgIpc) is 1.63. The van der Waals surface area contributed by atoms with Gasteiger partial charge in [-0.1, -0.05) is 18.2 Å². The van der Waals surface area contributed by atoms with Crippen molar-refractivity contribution in [2.24, 2.45) is 4.99 Å². The molecule has 3 heteroatoms. The second-order valence-corrected chi connectivity index (χ2v) is 1.94. The van der Waals surface area contributed by atoms with E-state index in [1.54, 1.807) is 6.92 Å². The second kappa shape index (κ2) is 4.27. The fourth-order valence-corrected chi connectivity index (χ4v) is 0.277. The molecule has 9 heavy (non-hydrogen) atoms. The molecule has 0 fully saturated rings. The standard InChI is InChI=1S/C6H7ClFN/c1-5(8)3-4-9-6(2)7/h3-4H,1H2,2H3/b4-3-,9-6+. The van der Waals surface area contributed by atoms with Crippen LogP contribution in [0.5, 0.6) is 0 Å². The molecule has 0 atom stereocenters. The monoisotopic (exact) mass is 147 g/mol. The first kappa shape index (κ1) is 8.37. The molecule has 0 spiro atoms. The summed E-state index contributed by atoms with van der Waals surface area (Å²) in [7, 11) is 0. The van der Waals surface area contributed by atoms with Gasteiger partial charge in [0.05, 0.1) is 0 Å². The molecule has 0 unspecified atom stereocenters. The third-order valence-corrected chi connectivity index (χ3v) is 0.605. The zero-order valence-corrected chi connectivity index (χ0v) is 5.82. The highest BCUT2D eigenvalue weighted by Gasteiger charge is 1.77. The van der Waals surface area contributed by atoms with Crippen molar-refractivity contribution in [3.05, 3.63) is 24.7 Å². The molecule has 1 nitrogen and oxygen atoms in total. The van der Waals surface area contributed by atoms with Crippen LogP contribution in [0.3, 0.4) is 0 Å². The summed E-state index contributed by atoms with van der Waals surface area (Å²) in [6, 6.07) is 0. The molecule has 0 aliphatic rings. The Balaban J connectivity index is 3.74. The average molecular weight is 148 g/mol. The maximum absolute atomic E-state index is 11.8. The van der Waals surface area contributed by atoms with Crippen molar-refractivity contribution in [2.45, 2.75) is 6.92 Å². The zero-order chi connectivity index (χ0) is 7.28. The molecule has 0 bridgehead atoms. The van der Waals surface area contributed by atoms with E-state index in [9.17, 15) is 4.39 Å². The number of allylic oxidation sites excluding steroid dienone is 2. The molecule has 0 aromatic heterocycles. The largest absolute Gasteiger partial charge is 0.249 e. The fraction of sp³-hybridized carbons (Fsp3) is 0.167. The van der Waals surface area contributed by atoms with Gasteiger partial charge in [-0.05, 0) is 13.0 Å². The van der Waals surface area contributed by atoms with Crippen molar-refractivity contribution < 1.29 is 4.39 Å². The molecule has 0 aromatic carbocycles. The third kappa shape index (κ3) is 7.37. The van der Waals surface area contributed by atoms with Gasteiger partial charge in [0.25, 0.3) is 0 Å². The van der Waals surface area contributed by atoms with Gasteiger partial charge in [0.15, 0.2) is 0 Å². The Bertz CT molecular complexity index is 156. The van der Waals surface area contributed by atoms with E-state index in [2.05, 4.69) is 11.6 Å². The normalized spacial score (nSPS) is 12.6. The third-order valence-electron chi connectivity index (χ3n) is 0.508. The number of nitrogens with zero attached hydrogens (tertiary/aromatic N) is 1. The Morgan fingerprint density at radius 2 is 2.33 bits per heavy atom. The lowest BCUT2D eigenvalue weighted by Gasteiger charge is -1.78. The highest BCUT2D eigenvalue weighted by Crippen LogP contribution is 1.93. The molecule has 0 amide bonds. The van der Waals surface area contributed by atoms with Crippen LogP contribution in [0.2, 0.25) is 0 Å². The van der Waals surface area contributed by atoms with Crippen molar-refractivity contribution in [3.8, 4) is 0 Å². The van der Waals surface area contributed by atoms with Gasteiger partial charge >= 0.3 is 0 Å². The smallest absolute Gasteiger partial charge is 0.117 e. The predicted octanol–water partition coefficient (Wildman–Crippen LogP) is 2.64. The van der Waals surface area contributed by atoms with Crippen LogP contribution in [0.1, 0.15) is 6.92 Å². The number of halogens is 2. The van der Waals surface area contributed by atoms with Gasteiger partial charge in [-0.25, -0.2) is 9.38 Å². The van der Waals surface area contributed by atoms with Crippen LogP contribution in [0, 0.1) is 0 Å². The van der Waals surface area contributed by atoms with Crippen LogP contribution in [0.15, 0.2) is 29.7 Å². The van der Waals surface area contributed by atoms with Gasteiger partial charge < -0.3 is 0 Å². The maximum atomic E-state index is 11.8. The summed E-state index contributed by atoms with van der Waals surface area (Å²) in [4.78, 5) is 3.57. The van der Waals surface area contributed by atoms with E-state index >= 15 is 0 Å². The van der Waals surface area contributed by atoms with Crippen LogP contribution in [-0.4, -0.2) is 5.17 Å². The molecule has 0 aromatic rings. The molecule has 0 aliphatic carbocycles. The minimum atomic E-state index is -0.531. The van der Waals surface area contributed by atoms with E-state index in [-0.39, 0.29) is 0 Å². The van der Waals surface area contributed by atoms with Gasteiger partial charge in [0.2, 0.25) is 0 Å². The number of hydrogen-bond acceptors (Lipinski definition) is 1. The number of aliphatic imine (C=N–C) groups is 1. The summed E-state index contributed by atoms with van der Waals surface area (Å²) in [5.41, 5.74) is 0. The van der Waals surface area contributed by atoms with Crippen LogP contribution in [0.25, 0.3) is 0 Å². The Morgan fingerprint density at radius 3 is 2.67 bits per heavy atom. The molecular formula is C6H7ClFN. The van der Waals surface area contributed by atoms with E-state index in [0.29, 0.717) is 5.17 Å². The van der Waals surface area contributed by atoms with Crippen molar-refractivity contribution in [2.75, 3.05) is 0 Å². The summed E-state index contributed by atoms with van der Waals surface area (Å²) in [6.07, 6.45) is 2.39. The van der Waals surface area contributed by atoms with E-state index in [1.165, 1.54) is 6.20 Å². The Morgan fingerprint density at radius 1 is 1.78 bits per heavy atom. The van der Waals surface area contributed by atoms with Crippen LogP contribution < -0.4 is 0 Å². The minimum absolute atomic E-state index is 0.368. The van der Waals surface area contributed by atoms with Crippen molar-refractivity contribution >= 4 is 16.8 Å². The van der Waals surface area contributed by atoms with E-state index in [0.717, 1.165) is 6.08 Å². The first-order valence-electron chi connectivity index (χ1n) is 2.34. The van der Waals surface area contributed by atoms with Crippen molar-refractivity contribution in [1.29, 1.82) is 0 Å². The molecule has 0 N–H and O–H groups in total. The highest BCUT2D eigenvalue weighted by molar-refractivity contribution is 6.64. The second-order valence-electron chi connectivity index (χ2n) is 1.39. The SMILES string of the molecule is C=C(F)/C=C\N=C(/C)Cl. The maximum Gasteiger partial charge on any atom is 0.117 e. The van der Waals surface area contributed by atoms with E-state index < -0.39 is 5.83 Å². The minimum Gasteiger partial charge on any atom is -0.249 e. The predicted molar refractivity (Wildman–Crippen MR) is 38.4 cm³/mol. The quantitative estimate of drug-likeness (QED) is 0.421. The van der Waals surface area contributed by atoms with Crippen molar-refractivity contribution in [1.82, 2.24) is 0 Å². The summed E-state index contributed by atoms with van der Waals surface area (Å²) < 4.78 is 11.8. The zero-order valence-electron chi connectivity index (χ0n) is 5.06. The van der Waals surface area contributed by atoms with Gasteiger partial charge in [-0.15, -0.1) is 0 Å². The Hall–Kier alpha value is -0.630. The number of hydrogen-bond donors (Lipinski definition) is 0. The first-order valence-corrected chi connectivity index (χ1v) is 2.71. The van der Waals surface area contributed by atoms with Gasteiger partial charge in [-0.2, -0.15) is 0 Å². The lowest BCUT2D eigenvalue weighted by molar-refractivity contribution is 0.671. The van der Waals surface area contributed by atoms with Gasteiger partial charge in [-0.3, -0.25) is 0 Å². The topological polar surface area (TPSA) is 12.4 Å². The number of rotatable bonds is 2. The summed E-state index contributed by atoms with van der Waals surface area (Å²) >= 11 is 5.31. The summed E-state index contributed by atoms with van der Waals surface area (Å²) in [6.45, 7) is 4.59. The molecule has 0 aliphatic heterocycles. The summed E-state index contributed by atoms with van der Waals surface area (Å²) in [5, 5.41) is 0.368. The summed E-state index contributed by atoms with van der Waals surface area (Å²) in [5.74, 6) is -0.531. The molecule has 0 heterocycles. The molecular weight excluding hydrogens is 141 g/mol. The van der Waals surface area contributed by atoms with Crippen LogP contribution >= 0.6 is 11.6 Å². The molecule has 0 saturated heterocycles. The van der Waals surface area contributed by atoms with E-state index in [1.807, 2.05) is 0 Å². The first-order chi connectivity index (χ1) is 4.13. The highest BCUT2D eigenvalue weighted by atomic mass is 35.5. The molecule has 0 rings (SSSR count). The van der Waals surface area contributed by atoms with Crippen LogP contribution in [0.4, 0.5) is 4.39 Å². The van der Waals surface area contributed by atoms with E-state index in [4.69, 9.17) is 11.6 Å². The molecule has 0 saturated carbocycles. The molecule has 50 valence electrons. The fourth-order valence-electron chi connectivity index (χ4n) is 0.221.